The van der Waals surface area contributed by atoms with Crippen LogP contribution in [0.5, 0.6) is 0 Å². The van der Waals surface area contributed by atoms with Crippen LogP contribution in [-0.2, 0) is 0 Å². The SMILES string of the molecule is OCC(CO)CCCPCCCC(CO)CO. The van der Waals surface area contributed by atoms with Gasteiger partial charge in [-0.05, 0) is 38.0 Å². The van der Waals surface area contributed by atoms with Gasteiger partial charge in [0.05, 0.1) is 0 Å². The lowest BCUT2D eigenvalue weighted by Gasteiger charge is -2.11. The van der Waals surface area contributed by atoms with Crippen LogP contribution >= 0.6 is 8.58 Å². The molecule has 0 rings (SSSR count). The van der Waals surface area contributed by atoms with Crippen molar-refractivity contribution in [2.45, 2.75) is 25.7 Å². The molecule has 4 nitrogen and oxygen atoms in total. The Kier molecular flexibility index (Phi) is 12.9. The third-order valence-corrected chi connectivity index (χ3v) is 4.38. The summed E-state index contributed by atoms with van der Waals surface area (Å²) in [5.74, 6) is 0.0981. The van der Waals surface area contributed by atoms with Crippen molar-refractivity contribution in [1.29, 1.82) is 0 Å². The topological polar surface area (TPSA) is 80.9 Å². The number of rotatable bonds is 12. The van der Waals surface area contributed by atoms with Crippen LogP contribution in [0.3, 0.4) is 0 Å². The van der Waals surface area contributed by atoms with Crippen molar-refractivity contribution in [3.05, 3.63) is 0 Å². The zero-order chi connectivity index (χ0) is 12.9. The molecule has 17 heavy (non-hydrogen) atoms. The Hall–Kier alpha value is 0.270. The summed E-state index contributed by atoms with van der Waals surface area (Å²) in [7, 11) is 0.910. The molecule has 0 aromatic carbocycles. The van der Waals surface area contributed by atoms with Crippen molar-refractivity contribution in [2.75, 3.05) is 38.8 Å². The molecular formula is C12H27O4P. The molecule has 0 spiro atoms. The van der Waals surface area contributed by atoms with Gasteiger partial charge in [0.1, 0.15) is 0 Å². The molecule has 0 saturated heterocycles. The maximum absolute atomic E-state index is 8.88. The molecule has 0 aromatic heterocycles. The number of hydrogen-bond donors (Lipinski definition) is 4. The number of hydrogen-bond acceptors (Lipinski definition) is 4. The highest BCUT2D eigenvalue weighted by Gasteiger charge is 2.06. The van der Waals surface area contributed by atoms with Gasteiger partial charge in [0.25, 0.3) is 0 Å². The monoisotopic (exact) mass is 266 g/mol. The zero-order valence-corrected chi connectivity index (χ0v) is 11.5. The van der Waals surface area contributed by atoms with Crippen molar-refractivity contribution >= 4 is 8.58 Å². The van der Waals surface area contributed by atoms with E-state index in [0.29, 0.717) is 0 Å². The van der Waals surface area contributed by atoms with Gasteiger partial charge in [-0.3, -0.25) is 0 Å². The van der Waals surface area contributed by atoms with Crippen LogP contribution in [0.25, 0.3) is 0 Å². The first kappa shape index (κ1) is 17.3. The van der Waals surface area contributed by atoms with E-state index in [-0.39, 0.29) is 38.3 Å². The summed E-state index contributed by atoms with van der Waals surface area (Å²) in [5, 5.41) is 35.5. The van der Waals surface area contributed by atoms with Gasteiger partial charge in [-0.1, -0.05) is 0 Å². The summed E-state index contributed by atoms with van der Waals surface area (Å²) in [6.07, 6.45) is 6.23. The van der Waals surface area contributed by atoms with Crippen LogP contribution in [-0.4, -0.2) is 59.2 Å². The Morgan fingerprint density at radius 1 is 0.647 bits per heavy atom. The third-order valence-electron chi connectivity index (χ3n) is 2.96. The molecule has 0 amide bonds. The van der Waals surface area contributed by atoms with E-state index in [2.05, 4.69) is 0 Å². The molecule has 0 radical (unpaired) electrons. The minimum atomic E-state index is 0.0490. The molecule has 0 aromatic rings. The fraction of sp³-hybridized carbons (Fsp3) is 1.00. The largest absolute Gasteiger partial charge is 0.396 e. The second-order valence-electron chi connectivity index (χ2n) is 4.50. The molecule has 0 bridgehead atoms. The Morgan fingerprint density at radius 2 is 1.00 bits per heavy atom. The summed E-state index contributed by atoms with van der Waals surface area (Å²) in [6, 6.07) is 0. The van der Waals surface area contributed by atoms with E-state index in [9.17, 15) is 0 Å². The van der Waals surface area contributed by atoms with Crippen molar-refractivity contribution in [3.8, 4) is 0 Å². The quantitative estimate of drug-likeness (QED) is 0.305. The van der Waals surface area contributed by atoms with E-state index < -0.39 is 0 Å². The van der Waals surface area contributed by atoms with Crippen LogP contribution in [0, 0.1) is 11.8 Å². The molecule has 5 heteroatoms. The molecule has 0 aliphatic carbocycles. The molecule has 104 valence electrons. The highest BCUT2D eigenvalue weighted by molar-refractivity contribution is 7.37. The zero-order valence-electron chi connectivity index (χ0n) is 10.5. The van der Waals surface area contributed by atoms with Gasteiger partial charge in [-0.15, -0.1) is 8.58 Å². The van der Waals surface area contributed by atoms with Gasteiger partial charge >= 0.3 is 0 Å². The van der Waals surface area contributed by atoms with Crippen LogP contribution in [0.15, 0.2) is 0 Å². The van der Waals surface area contributed by atoms with Gasteiger partial charge in [-0.25, -0.2) is 0 Å². The van der Waals surface area contributed by atoms with E-state index in [1.54, 1.807) is 0 Å². The van der Waals surface area contributed by atoms with E-state index in [1.807, 2.05) is 0 Å². The average molecular weight is 266 g/mol. The first-order chi connectivity index (χ1) is 8.28. The summed E-state index contributed by atoms with van der Waals surface area (Å²) < 4.78 is 0. The standard InChI is InChI=1S/C12H27O4P/c13-7-11(8-14)3-1-5-17-6-2-4-12(9-15)10-16/h11-17H,1-10H2. The lowest BCUT2D eigenvalue weighted by Crippen LogP contribution is -2.11. The van der Waals surface area contributed by atoms with Gasteiger partial charge in [0, 0.05) is 38.3 Å². The molecule has 0 unspecified atom stereocenters. The number of aliphatic hydroxyl groups is 4. The van der Waals surface area contributed by atoms with Crippen molar-refractivity contribution in [1.82, 2.24) is 0 Å². The highest BCUT2D eigenvalue weighted by atomic mass is 31.1. The Balaban J connectivity index is 3.23. The van der Waals surface area contributed by atoms with Crippen molar-refractivity contribution in [3.63, 3.8) is 0 Å². The van der Waals surface area contributed by atoms with Gasteiger partial charge in [-0.2, -0.15) is 0 Å². The second-order valence-corrected chi connectivity index (χ2v) is 6.00. The van der Waals surface area contributed by atoms with Crippen LogP contribution in [0.2, 0.25) is 0 Å². The fourth-order valence-electron chi connectivity index (χ4n) is 1.64. The first-order valence-electron chi connectivity index (χ1n) is 6.42. The summed E-state index contributed by atoms with van der Waals surface area (Å²) in [5.41, 5.74) is 0. The summed E-state index contributed by atoms with van der Waals surface area (Å²) >= 11 is 0. The Morgan fingerprint density at radius 3 is 1.29 bits per heavy atom. The summed E-state index contributed by atoms with van der Waals surface area (Å²) in [6.45, 7) is 0.311. The highest BCUT2D eigenvalue weighted by Crippen LogP contribution is 2.18. The predicted octanol–water partition coefficient (Wildman–Crippen LogP) is 0.427. The molecule has 4 N–H and O–H groups in total. The van der Waals surface area contributed by atoms with E-state index in [0.717, 1.165) is 46.6 Å². The molecule has 0 saturated carbocycles. The predicted molar refractivity (Wildman–Crippen MR) is 71.8 cm³/mol. The molecule has 0 fully saturated rings. The minimum Gasteiger partial charge on any atom is -0.396 e. The lowest BCUT2D eigenvalue weighted by molar-refractivity contribution is 0.143. The third kappa shape index (κ3) is 9.93. The smallest absolute Gasteiger partial charge is 0.0481 e. The summed E-state index contributed by atoms with van der Waals surface area (Å²) in [4.78, 5) is 0. The average Bonchev–Trinajstić information content (AvgIpc) is 2.37. The van der Waals surface area contributed by atoms with Gasteiger partial charge < -0.3 is 20.4 Å². The first-order valence-corrected chi connectivity index (χ1v) is 7.84. The maximum atomic E-state index is 8.88. The van der Waals surface area contributed by atoms with E-state index in [4.69, 9.17) is 20.4 Å². The van der Waals surface area contributed by atoms with Crippen LogP contribution < -0.4 is 0 Å². The number of aliphatic hydroxyl groups excluding tert-OH is 4. The van der Waals surface area contributed by atoms with Gasteiger partial charge in [0.15, 0.2) is 0 Å². The van der Waals surface area contributed by atoms with Crippen LogP contribution in [0.1, 0.15) is 25.7 Å². The molecular weight excluding hydrogens is 239 g/mol. The molecule has 0 aliphatic rings. The fourth-order valence-corrected chi connectivity index (χ4v) is 2.80. The van der Waals surface area contributed by atoms with E-state index >= 15 is 0 Å². The Bertz CT molecular complexity index is 133. The molecule has 0 atom stereocenters. The molecule has 0 heterocycles. The van der Waals surface area contributed by atoms with E-state index in [1.165, 1.54) is 0 Å². The normalized spacial score (nSPS) is 11.6. The van der Waals surface area contributed by atoms with Gasteiger partial charge in [0.2, 0.25) is 0 Å². The van der Waals surface area contributed by atoms with Crippen molar-refractivity contribution < 1.29 is 20.4 Å². The second kappa shape index (κ2) is 12.7. The lowest BCUT2D eigenvalue weighted by atomic mass is 10.1. The Labute approximate surface area is 106 Å². The van der Waals surface area contributed by atoms with Crippen molar-refractivity contribution in [2.24, 2.45) is 11.8 Å². The molecule has 0 aliphatic heterocycles. The van der Waals surface area contributed by atoms with Crippen LogP contribution in [0.4, 0.5) is 0 Å². The minimum absolute atomic E-state index is 0.0490. The maximum Gasteiger partial charge on any atom is 0.0481 e.